The van der Waals surface area contributed by atoms with Crippen LogP contribution in [0.5, 0.6) is 0 Å². The van der Waals surface area contributed by atoms with Crippen molar-refractivity contribution in [2.45, 2.75) is 24.3 Å². The molecule has 0 saturated heterocycles. The molecule has 8 heavy (non-hydrogen) atoms. The van der Waals surface area contributed by atoms with Gasteiger partial charge >= 0.3 is 6.18 Å². The van der Waals surface area contributed by atoms with Gasteiger partial charge in [-0.15, -0.1) is 0 Å². The van der Waals surface area contributed by atoms with Crippen molar-refractivity contribution in [3.63, 3.8) is 0 Å². The van der Waals surface area contributed by atoms with Gasteiger partial charge in [-0.2, -0.15) is 13.2 Å². The fourth-order valence-electron chi connectivity index (χ4n) is 0.231. The van der Waals surface area contributed by atoms with Gasteiger partial charge in [0, 0.05) is 0 Å². The van der Waals surface area contributed by atoms with Gasteiger partial charge in [-0.05, 0) is 6.42 Å². The molecule has 0 radical (unpaired) electrons. The Kier molecular flexibility index (Phi) is 2.80. The largest absolute Gasteiger partial charge is 0.401 e. The van der Waals surface area contributed by atoms with E-state index in [0.29, 0.717) is 0 Å². The van der Waals surface area contributed by atoms with Crippen molar-refractivity contribution in [2.24, 2.45) is 0 Å². The third-order valence-corrected chi connectivity index (χ3v) is 1.88. The minimum absolute atomic E-state index is 0.0868. The molecule has 0 saturated carbocycles. The summed E-state index contributed by atoms with van der Waals surface area (Å²) in [6.45, 7) is 1.48. The Morgan fingerprint density at radius 1 is 1.50 bits per heavy atom. The van der Waals surface area contributed by atoms with E-state index in [9.17, 15) is 13.2 Å². The summed E-state index contributed by atoms with van der Waals surface area (Å²) in [5.74, 6) is 0. The Labute approximate surface area is 54.2 Å². The van der Waals surface area contributed by atoms with Crippen molar-refractivity contribution in [1.29, 1.82) is 0 Å². The van der Waals surface area contributed by atoms with Crippen molar-refractivity contribution in [1.82, 2.24) is 0 Å². The lowest BCUT2D eigenvalue weighted by Gasteiger charge is -2.09. The molecule has 0 spiro atoms. The highest BCUT2D eigenvalue weighted by Crippen LogP contribution is 2.27. The molecule has 0 nitrogen and oxygen atoms in total. The fraction of sp³-hybridized carbons (Fsp3) is 1.00. The van der Waals surface area contributed by atoms with Gasteiger partial charge in [0.15, 0.2) is 0 Å². The molecule has 50 valence electrons. The smallest absolute Gasteiger partial charge is 0.170 e. The van der Waals surface area contributed by atoms with Gasteiger partial charge in [0.2, 0.25) is 0 Å². The molecule has 0 amide bonds. The summed E-state index contributed by atoms with van der Waals surface area (Å²) >= 11 is 2.47. The minimum Gasteiger partial charge on any atom is -0.170 e. The van der Waals surface area contributed by atoms with E-state index in [1.807, 2.05) is 0 Å². The SMILES string of the molecule is CC[C@H](Br)C(F)(F)F. The Balaban J connectivity index is 3.62. The van der Waals surface area contributed by atoms with Crippen molar-refractivity contribution >= 4 is 15.9 Å². The van der Waals surface area contributed by atoms with E-state index in [0.717, 1.165) is 0 Å². The summed E-state index contributed by atoms with van der Waals surface area (Å²) < 4.78 is 34.2. The molecule has 0 aliphatic rings. The number of rotatable bonds is 1. The lowest BCUT2D eigenvalue weighted by molar-refractivity contribution is -0.127. The van der Waals surface area contributed by atoms with Crippen molar-refractivity contribution in [3.8, 4) is 0 Å². The Hall–Kier alpha value is 0.270. The van der Waals surface area contributed by atoms with E-state index in [4.69, 9.17) is 0 Å². The summed E-state index contributed by atoms with van der Waals surface area (Å²) in [7, 11) is 0. The molecule has 4 heteroatoms. The van der Waals surface area contributed by atoms with Gasteiger partial charge in [-0.1, -0.05) is 22.9 Å². The van der Waals surface area contributed by atoms with Crippen LogP contribution in [0.15, 0.2) is 0 Å². The van der Waals surface area contributed by atoms with Crippen molar-refractivity contribution in [2.75, 3.05) is 0 Å². The standard InChI is InChI=1S/C4H6BrF3/c1-2-3(5)4(6,7)8/h3H,2H2,1H3/t3-/m0/s1. The van der Waals surface area contributed by atoms with E-state index in [1.54, 1.807) is 0 Å². The van der Waals surface area contributed by atoms with Crippen LogP contribution in [0.25, 0.3) is 0 Å². The lowest BCUT2D eigenvalue weighted by atomic mass is 10.3. The molecule has 0 aromatic carbocycles. The molecule has 0 unspecified atom stereocenters. The van der Waals surface area contributed by atoms with Gasteiger partial charge in [0.05, 0.1) is 0 Å². The zero-order valence-electron chi connectivity index (χ0n) is 4.30. The number of hydrogen-bond donors (Lipinski definition) is 0. The molecule has 0 bridgehead atoms. The quantitative estimate of drug-likeness (QED) is 0.559. The molecule has 0 aromatic rings. The second-order valence-electron chi connectivity index (χ2n) is 1.42. The molecule has 0 aliphatic heterocycles. The van der Waals surface area contributed by atoms with Crippen LogP contribution in [0.1, 0.15) is 13.3 Å². The topological polar surface area (TPSA) is 0 Å². The molecule has 0 N–H and O–H groups in total. The summed E-state index contributed by atoms with van der Waals surface area (Å²) in [6, 6.07) is 0. The van der Waals surface area contributed by atoms with Crippen LogP contribution in [-0.4, -0.2) is 11.0 Å². The molecule has 0 rings (SSSR count). The van der Waals surface area contributed by atoms with Crippen LogP contribution in [0, 0.1) is 0 Å². The summed E-state index contributed by atoms with van der Waals surface area (Å²) in [6.07, 6.45) is -3.99. The summed E-state index contributed by atoms with van der Waals surface area (Å²) in [5.41, 5.74) is 0. The monoisotopic (exact) mass is 190 g/mol. The second kappa shape index (κ2) is 2.71. The normalized spacial score (nSPS) is 16.1. The molecular weight excluding hydrogens is 185 g/mol. The third-order valence-electron chi connectivity index (χ3n) is 0.714. The van der Waals surface area contributed by atoms with Crippen LogP contribution in [0.2, 0.25) is 0 Å². The first-order chi connectivity index (χ1) is 3.48. The summed E-state index contributed by atoms with van der Waals surface area (Å²) in [5, 5.41) is 0. The molecule has 0 heterocycles. The predicted molar refractivity (Wildman–Crippen MR) is 29.1 cm³/mol. The van der Waals surface area contributed by atoms with Crippen molar-refractivity contribution < 1.29 is 13.2 Å². The average Bonchev–Trinajstić information content (AvgIpc) is 1.62. The lowest BCUT2D eigenvalue weighted by Crippen LogP contribution is -2.21. The van der Waals surface area contributed by atoms with Crippen LogP contribution in [0.3, 0.4) is 0 Å². The minimum atomic E-state index is -4.07. The molecule has 1 atom stereocenters. The zero-order chi connectivity index (χ0) is 6.78. The van der Waals surface area contributed by atoms with Crippen LogP contribution < -0.4 is 0 Å². The average molecular weight is 191 g/mol. The maximum Gasteiger partial charge on any atom is 0.401 e. The highest BCUT2D eigenvalue weighted by molar-refractivity contribution is 9.09. The number of hydrogen-bond acceptors (Lipinski definition) is 0. The van der Waals surface area contributed by atoms with Gasteiger partial charge in [0.1, 0.15) is 4.83 Å². The maximum absolute atomic E-state index is 11.4. The highest BCUT2D eigenvalue weighted by Gasteiger charge is 2.35. The Bertz CT molecular complexity index is 68.2. The molecule has 0 fully saturated rings. The van der Waals surface area contributed by atoms with Crippen molar-refractivity contribution in [3.05, 3.63) is 0 Å². The van der Waals surface area contributed by atoms with Gasteiger partial charge in [-0.3, -0.25) is 0 Å². The van der Waals surface area contributed by atoms with Crippen LogP contribution in [-0.2, 0) is 0 Å². The maximum atomic E-state index is 11.4. The number of alkyl halides is 4. The first-order valence-corrected chi connectivity index (χ1v) is 3.10. The second-order valence-corrected chi connectivity index (χ2v) is 2.52. The van der Waals surface area contributed by atoms with E-state index < -0.39 is 11.0 Å². The zero-order valence-corrected chi connectivity index (χ0v) is 5.88. The Morgan fingerprint density at radius 3 is 1.88 bits per heavy atom. The van der Waals surface area contributed by atoms with Gasteiger partial charge < -0.3 is 0 Å². The number of halogens is 4. The van der Waals surface area contributed by atoms with Crippen LogP contribution in [0.4, 0.5) is 13.2 Å². The van der Waals surface area contributed by atoms with E-state index in [1.165, 1.54) is 6.92 Å². The fourth-order valence-corrected chi connectivity index (χ4v) is 0.231. The van der Waals surface area contributed by atoms with Crippen LogP contribution >= 0.6 is 15.9 Å². The van der Waals surface area contributed by atoms with E-state index >= 15 is 0 Å². The van der Waals surface area contributed by atoms with Gasteiger partial charge in [-0.25, -0.2) is 0 Å². The first kappa shape index (κ1) is 8.27. The third kappa shape index (κ3) is 2.55. The molecule has 0 aromatic heterocycles. The van der Waals surface area contributed by atoms with E-state index in [-0.39, 0.29) is 6.42 Å². The van der Waals surface area contributed by atoms with Gasteiger partial charge in [0.25, 0.3) is 0 Å². The predicted octanol–water partition coefficient (Wildman–Crippen LogP) is 2.72. The van der Waals surface area contributed by atoms with E-state index in [2.05, 4.69) is 15.9 Å². The summed E-state index contributed by atoms with van der Waals surface area (Å²) in [4.78, 5) is -1.34. The highest BCUT2D eigenvalue weighted by atomic mass is 79.9. The molecule has 0 aliphatic carbocycles. The molecular formula is C4H6BrF3. The Morgan fingerprint density at radius 2 is 1.88 bits per heavy atom. The first-order valence-electron chi connectivity index (χ1n) is 2.19.